The highest BCUT2D eigenvalue weighted by Crippen LogP contribution is 2.37. The molecule has 6 nitrogen and oxygen atoms in total. The standard InChI is InChI=1S/C11H18N4O2/c1-3-11(4-2)5-6-15(7-11)10(16)8-9(12)14-17-13-8/h3-7H2,1-2H3,(H2,12,14). The Kier molecular flexibility index (Phi) is 3.04. The van der Waals surface area contributed by atoms with Crippen LogP contribution in [0.1, 0.15) is 43.6 Å². The summed E-state index contributed by atoms with van der Waals surface area (Å²) < 4.78 is 4.46. The van der Waals surface area contributed by atoms with Gasteiger partial charge in [0.05, 0.1) is 0 Å². The van der Waals surface area contributed by atoms with Crippen LogP contribution >= 0.6 is 0 Å². The van der Waals surface area contributed by atoms with Crippen molar-refractivity contribution in [1.82, 2.24) is 15.2 Å². The van der Waals surface area contributed by atoms with Crippen LogP contribution in [0.4, 0.5) is 5.82 Å². The number of nitrogens with two attached hydrogens (primary N) is 1. The zero-order chi connectivity index (χ0) is 12.5. The molecule has 17 heavy (non-hydrogen) atoms. The van der Waals surface area contributed by atoms with Gasteiger partial charge in [0.2, 0.25) is 11.5 Å². The van der Waals surface area contributed by atoms with E-state index < -0.39 is 0 Å². The lowest BCUT2D eigenvalue weighted by Gasteiger charge is -2.25. The second-order valence-electron chi connectivity index (χ2n) is 4.68. The molecule has 6 heteroatoms. The van der Waals surface area contributed by atoms with Crippen molar-refractivity contribution in [2.24, 2.45) is 5.41 Å². The third kappa shape index (κ3) is 1.99. The minimum absolute atomic E-state index is 0.0699. The summed E-state index contributed by atoms with van der Waals surface area (Å²) in [5, 5.41) is 6.99. The van der Waals surface area contributed by atoms with Gasteiger partial charge < -0.3 is 10.6 Å². The van der Waals surface area contributed by atoms with Crippen molar-refractivity contribution >= 4 is 11.7 Å². The van der Waals surface area contributed by atoms with Crippen molar-refractivity contribution in [2.45, 2.75) is 33.1 Å². The molecule has 0 aromatic carbocycles. The summed E-state index contributed by atoms with van der Waals surface area (Å²) >= 11 is 0. The smallest absolute Gasteiger partial charge is 0.280 e. The van der Waals surface area contributed by atoms with Gasteiger partial charge in [-0.25, -0.2) is 4.63 Å². The van der Waals surface area contributed by atoms with Crippen LogP contribution in [0, 0.1) is 5.41 Å². The molecule has 2 rings (SSSR count). The average molecular weight is 238 g/mol. The molecule has 1 aliphatic rings. The van der Waals surface area contributed by atoms with Gasteiger partial charge in [0.25, 0.3) is 5.91 Å². The third-order valence-electron chi connectivity index (χ3n) is 3.94. The molecule has 0 bridgehead atoms. The van der Waals surface area contributed by atoms with E-state index in [1.165, 1.54) is 0 Å². The molecule has 0 spiro atoms. The molecule has 1 saturated heterocycles. The number of aromatic nitrogens is 2. The summed E-state index contributed by atoms with van der Waals surface area (Å²) in [7, 11) is 0. The Bertz CT molecular complexity index is 411. The van der Waals surface area contributed by atoms with E-state index in [0.717, 1.165) is 32.4 Å². The Morgan fingerprint density at radius 1 is 1.47 bits per heavy atom. The predicted molar refractivity (Wildman–Crippen MR) is 62.2 cm³/mol. The summed E-state index contributed by atoms with van der Waals surface area (Å²) in [4.78, 5) is 13.9. The first-order chi connectivity index (χ1) is 8.12. The van der Waals surface area contributed by atoms with Gasteiger partial charge in [0.15, 0.2) is 0 Å². The van der Waals surface area contributed by atoms with E-state index in [-0.39, 0.29) is 22.8 Å². The van der Waals surface area contributed by atoms with E-state index in [9.17, 15) is 4.79 Å². The molecule has 2 heterocycles. The van der Waals surface area contributed by atoms with Crippen LogP contribution in [0.5, 0.6) is 0 Å². The van der Waals surface area contributed by atoms with Crippen LogP contribution in [0.15, 0.2) is 4.63 Å². The molecule has 1 aromatic rings. The van der Waals surface area contributed by atoms with Crippen LogP contribution in [-0.4, -0.2) is 34.2 Å². The zero-order valence-electron chi connectivity index (χ0n) is 10.3. The van der Waals surface area contributed by atoms with Gasteiger partial charge in [-0.05, 0) is 35.0 Å². The lowest BCUT2D eigenvalue weighted by Crippen LogP contribution is -2.32. The van der Waals surface area contributed by atoms with Crippen LogP contribution in [0.2, 0.25) is 0 Å². The fraction of sp³-hybridized carbons (Fsp3) is 0.727. The van der Waals surface area contributed by atoms with Crippen LogP contribution in [-0.2, 0) is 0 Å². The number of nitrogen functional groups attached to an aromatic ring is 1. The molecule has 0 unspecified atom stereocenters. The molecule has 0 saturated carbocycles. The number of amides is 1. The van der Waals surface area contributed by atoms with Gasteiger partial charge in [-0.1, -0.05) is 13.8 Å². The van der Waals surface area contributed by atoms with Gasteiger partial charge in [-0.2, -0.15) is 0 Å². The topological polar surface area (TPSA) is 85.2 Å². The molecule has 2 N–H and O–H groups in total. The van der Waals surface area contributed by atoms with Gasteiger partial charge in [0.1, 0.15) is 0 Å². The number of hydrogen-bond acceptors (Lipinski definition) is 5. The molecule has 94 valence electrons. The monoisotopic (exact) mass is 238 g/mol. The first kappa shape index (κ1) is 11.9. The van der Waals surface area contributed by atoms with Crippen molar-refractivity contribution in [3.63, 3.8) is 0 Å². The van der Waals surface area contributed by atoms with Crippen molar-refractivity contribution in [3.8, 4) is 0 Å². The molecule has 0 aliphatic carbocycles. The normalized spacial score (nSPS) is 18.6. The van der Waals surface area contributed by atoms with E-state index in [1.54, 1.807) is 4.90 Å². The summed E-state index contributed by atoms with van der Waals surface area (Å²) in [6.45, 7) is 5.87. The predicted octanol–water partition coefficient (Wildman–Crippen LogP) is 1.30. The van der Waals surface area contributed by atoms with Crippen LogP contribution in [0.25, 0.3) is 0 Å². The fourth-order valence-electron chi connectivity index (χ4n) is 2.43. The number of carbonyl (C=O) groups is 1. The number of likely N-dealkylation sites (tertiary alicyclic amines) is 1. The summed E-state index contributed by atoms with van der Waals surface area (Å²) in [6.07, 6.45) is 3.20. The van der Waals surface area contributed by atoms with Crippen molar-refractivity contribution in [3.05, 3.63) is 5.69 Å². The second-order valence-corrected chi connectivity index (χ2v) is 4.68. The molecule has 1 aliphatic heterocycles. The Balaban J connectivity index is 2.11. The average Bonchev–Trinajstić information content (AvgIpc) is 2.95. The Labute approximate surface area is 100 Å². The second kappa shape index (κ2) is 4.35. The molecular weight excluding hydrogens is 220 g/mol. The van der Waals surface area contributed by atoms with E-state index in [4.69, 9.17) is 5.73 Å². The molecular formula is C11H18N4O2. The Morgan fingerprint density at radius 2 is 2.18 bits per heavy atom. The van der Waals surface area contributed by atoms with E-state index in [2.05, 4.69) is 28.8 Å². The molecule has 0 radical (unpaired) electrons. The van der Waals surface area contributed by atoms with Crippen molar-refractivity contribution in [2.75, 3.05) is 18.8 Å². The maximum atomic E-state index is 12.1. The Morgan fingerprint density at radius 3 is 2.65 bits per heavy atom. The van der Waals surface area contributed by atoms with Gasteiger partial charge in [0, 0.05) is 13.1 Å². The molecule has 0 atom stereocenters. The quantitative estimate of drug-likeness (QED) is 0.858. The van der Waals surface area contributed by atoms with Gasteiger partial charge in [-0.15, -0.1) is 0 Å². The summed E-state index contributed by atoms with van der Waals surface area (Å²) in [5.41, 5.74) is 5.91. The maximum Gasteiger partial charge on any atom is 0.280 e. The van der Waals surface area contributed by atoms with Crippen molar-refractivity contribution < 1.29 is 9.42 Å². The summed E-state index contributed by atoms with van der Waals surface area (Å²) in [6, 6.07) is 0. The number of hydrogen-bond donors (Lipinski definition) is 1. The minimum Gasteiger partial charge on any atom is -0.379 e. The zero-order valence-corrected chi connectivity index (χ0v) is 10.3. The Hall–Kier alpha value is -1.59. The lowest BCUT2D eigenvalue weighted by atomic mass is 9.82. The highest BCUT2D eigenvalue weighted by Gasteiger charge is 2.38. The van der Waals surface area contributed by atoms with E-state index >= 15 is 0 Å². The number of nitrogens with zero attached hydrogens (tertiary/aromatic N) is 3. The SMILES string of the molecule is CCC1(CC)CCN(C(=O)c2nonc2N)C1. The molecule has 1 fully saturated rings. The van der Waals surface area contributed by atoms with Crippen LogP contribution in [0.3, 0.4) is 0 Å². The molecule has 1 amide bonds. The fourth-order valence-corrected chi connectivity index (χ4v) is 2.43. The maximum absolute atomic E-state index is 12.1. The minimum atomic E-state index is -0.174. The lowest BCUT2D eigenvalue weighted by molar-refractivity contribution is 0.0759. The van der Waals surface area contributed by atoms with Gasteiger partial charge in [-0.3, -0.25) is 4.79 Å². The highest BCUT2D eigenvalue weighted by molar-refractivity contribution is 5.96. The highest BCUT2D eigenvalue weighted by atomic mass is 16.6. The van der Waals surface area contributed by atoms with Crippen LogP contribution < -0.4 is 5.73 Å². The number of anilines is 1. The largest absolute Gasteiger partial charge is 0.379 e. The molecule has 1 aromatic heterocycles. The first-order valence-electron chi connectivity index (χ1n) is 5.99. The van der Waals surface area contributed by atoms with E-state index in [1.807, 2.05) is 0 Å². The van der Waals surface area contributed by atoms with E-state index in [0.29, 0.717) is 0 Å². The summed E-state index contributed by atoms with van der Waals surface area (Å²) in [5.74, 6) is -0.104. The number of rotatable bonds is 3. The third-order valence-corrected chi connectivity index (χ3v) is 3.94. The van der Waals surface area contributed by atoms with Gasteiger partial charge >= 0.3 is 0 Å². The first-order valence-corrected chi connectivity index (χ1v) is 5.99. The number of carbonyl (C=O) groups excluding carboxylic acids is 1. The van der Waals surface area contributed by atoms with Crippen molar-refractivity contribution in [1.29, 1.82) is 0 Å².